The van der Waals surface area contributed by atoms with E-state index in [1.165, 1.54) is 85.3 Å². The predicted octanol–water partition coefficient (Wildman–Crippen LogP) is 9.66. The summed E-state index contributed by atoms with van der Waals surface area (Å²) in [6.07, 6.45) is 7.87. The van der Waals surface area contributed by atoms with Crippen LogP contribution in [0.2, 0.25) is 5.15 Å². The molecule has 1 N–H and O–H groups in total. The van der Waals surface area contributed by atoms with Gasteiger partial charge in [-0.1, -0.05) is 48.0 Å². The summed E-state index contributed by atoms with van der Waals surface area (Å²) in [6, 6.07) is 23.0. The van der Waals surface area contributed by atoms with E-state index in [-0.39, 0.29) is 88.4 Å². The van der Waals surface area contributed by atoms with Crippen molar-refractivity contribution in [2.45, 2.75) is 51.4 Å². The molecule has 4 aromatic carbocycles. The molecule has 0 unspecified atom stereocenters. The van der Waals surface area contributed by atoms with Gasteiger partial charge in [-0.25, -0.2) is 47.5 Å². The molecular weight excluding hydrogens is 992 g/mol. The summed E-state index contributed by atoms with van der Waals surface area (Å²) < 4.78 is 67.9. The smallest absolute Gasteiger partial charge is 0.182 e. The summed E-state index contributed by atoms with van der Waals surface area (Å²) in [5, 5.41) is 3.44. The van der Waals surface area contributed by atoms with Crippen molar-refractivity contribution in [1.29, 1.82) is 0 Å². The number of aromatic nitrogens is 6. The number of hydrogen-bond acceptors (Lipinski definition) is 14. The lowest BCUT2D eigenvalue weighted by atomic mass is 9.88. The first-order valence-corrected chi connectivity index (χ1v) is 24.5. The SMILES string of the molecule is O=C(Cc1ccc(F)cc1)C1(C(=O)Cc2ccc(Oc3ccnc4ncc(Cl)nc34)c(F)c2)CC1.O=C(Cc1ccc(F)cc1)C1(C(=O)Cc2ccc(Oc3ccnc4ncc(N5CCNCC5)nc34)c(F)c2)CC1. The molecule has 0 atom stereocenters. The largest absolute Gasteiger partial charge is 0.452 e. The van der Waals surface area contributed by atoms with E-state index in [1.54, 1.807) is 36.5 Å². The number of benzene rings is 4. The van der Waals surface area contributed by atoms with Crippen LogP contribution >= 0.6 is 11.6 Å². The fraction of sp³-hybridized carbons (Fsp3) is 0.250. The Morgan fingerprint density at radius 1 is 0.520 bits per heavy atom. The summed E-state index contributed by atoms with van der Waals surface area (Å²) in [6.45, 7) is 3.29. The van der Waals surface area contributed by atoms with Crippen molar-refractivity contribution >= 4 is 62.9 Å². The molecule has 3 fully saturated rings. The van der Waals surface area contributed by atoms with Crippen LogP contribution in [0.1, 0.15) is 47.9 Å². The number of rotatable bonds is 17. The Kier molecular flexibility index (Phi) is 14.4. The van der Waals surface area contributed by atoms with Crippen molar-refractivity contribution in [3.8, 4) is 23.0 Å². The first-order chi connectivity index (χ1) is 36.2. The van der Waals surface area contributed by atoms with Gasteiger partial charge in [0, 0.05) is 76.4 Å². The highest BCUT2D eigenvalue weighted by Gasteiger charge is 2.55. The van der Waals surface area contributed by atoms with Crippen molar-refractivity contribution in [3.63, 3.8) is 0 Å². The summed E-state index contributed by atoms with van der Waals surface area (Å²) in [4.78, 5) is 79.6. The molecule has 0 spiro atoms. The number of carbonyl (C=O) groups is 4. The number of ether oxygens (including phenoxy) is 2. The van der Waals surface area contributed by atoms with Gasteiger partial charge in [-0.05, 0) is 96.5 Å². The van der Waals surface area contributed by atoms with Gasteiger partial charge >= 0.3 is 0 Å². The van der Waals surface area contributed by atoms with Gasteiger partial charge in [0.05, 0.1) is 23.2 Å². The number of Topliss-reactive ketones (excluding diaryl/α,β-unsaturated/α-hetero) is 4. The van der Waals surface area contributed by atoms with E-state index in [4.69, 9.17) is 26.1 Å². The van der Waals surface area contributed by atoms with Gasteiger partial charge in [-0.3, -0.25) is 19.2 Å². The van der Waals surface area contributed by atoms with E-state index in [1.807, 2.05) is 0 Å². The van der Waals surface area contributed by atoms with E-state index in [0.717, 1.165) is 26.2 Å². The number of nitrogens with zero attached hydrogens (tertiary/aromatic N) is 7. The van der Waals surface area contributed by atoms with E-state index in [0.29, 0.717) is 76.3 Å². The Morgan fingerprint density at radius 2 is 0.933 bits per heavy atom. The van der Waals surface area contributed by atoms with Crippen molar-refractivity contribution < 1.29 is 46.2 Å². The number of piperazine rings is 1. The summed E-state index contributed by atoms with van der Waals surface area (Å²) in [7, 11) is 0. The van der Waals surface area contributed by atoms with Gasteiger partial charge in [-0.2, -0.15) is 0 Å². The molecule has 0 radical (unpaired) electrons. The molecule has 0 amide bonds. The predicted molar refractivity (Wildman–Crippen MR) is 269 cm³/mol. The van der Waals surface area contributed by atoms with Crippen LogP contribution in [0.15, 0.2) is 122 Å². The number of anilines is 1. The second-order valence-electron chi connectivity index (χ2n) is 18.7. The zero-order valence-electron chi connectivity index (χ0n) is 40.0. The molecule has 14 nitrogen and oxygen atoms in total. The fourth-order valence-electron chi connectivity index (χ4n) is 8.98. The zero-order valence-corrected chi connectivity index (χ0v) is 40.8. The van der Waals surface area contributed by atoms with Crippen LogP contribution in [0, 0.1) is 34.1 Å². The van der Waals surface area contributed by atoms with Crippen molar-refractivity contribution in [2.75, 3.05) is 31.1 Å². The van der Waals surface area contributed by atoms with Gasteiger partial charge in [0.15, 0.2) is 80.1 Å². The molecular formula is C56H45ClF4N8O6. The minimum Gasteiger partial charge on any atom is -0.452 e. The third-order valence-corrected chi connectivity index (χ3v) is 13.8. The lowest BCUT2D eigenvalue weighted by Gasteiger charge is -2.28. The molecule has 8 aromatic rings. The first kappa shape index (κ1) is 50.4. The molecule has 2 aliphatic carbocycles. The molecule has 75 heavy (non-hydrogen) atoms. The normalized spacial score (nSPS) is 15.1. The molecule has 4 aromatic heterocycles. The zero-order chi connectivity index (χ0) is 52.3. The van der Waals surface area contributed by atoms with Crippen molar-refractivity contribution in [1.82, 2.24) is 35.2 Å². The number of pyridine rings is 2. The van der Waals surface area contributed by atoms with E-state index < -0.39 is 22.5 Å². The van der Waals surface area contributed by atoms with E-state index in [2.05, 4.69) is 35.1 Å². The second kappa shape index (κ2) is 21.4. The van der Waals surface area contributed by atoms with Crippen molar-refractivity contribution in [2.24, 2.45) is 10.8 Å². The van der Waals surface area contributed by atoms with Crippen LogP contribution in [-0.2, 0) is 44.9 Å². The minimum absolute atomic E-state index is 0.0217. The quantitative estimate of drug-likeness (QED) is 0.0673. The maximum absolute atomic E-state index is 15.1. The average Bonchev–Trinajstić information content (AvgIpc) is 4.36. The van der Waals surface area contributed by atoms with E-state index >= 15 is 4.39 Å². The average molecular weight is 1040 g/mol. The highest BCUT2D eigenvalue weighted by molar-refractivity contribution is 6.29. The van der Waals surface area contributed by atoms with Crippen molar-refractivity contribution in [3.05, 3.63) is 173 Å². The Morgan fingerprint density at radius 3 is 1.37 bits per heavy atom. The molecule has 19 heteroatoms. The fourth-order valence-corrected chi connectivity index (χ4v) is 9.12. The van der Waals surface area contributed by atoms with Gasteiger partial charge in [-0.15, -0.1) is 0 Å². The minimum atomic E-state index is -1.05. The number of fused-ring (bicyclic) bond motifs is 2. The Hall–Kier alpha value is -8.09. The number of ketones is 4. The molecule has 1 aliphatic heterocycles. The monoisotopic (exact) mass is 1040 g/mol. The third kappa shape index (κ3) is 11.4. The Labute approximate surface area is 431 Å². The Balaban J connectivity index is 0.000000173. The molecule has 11 rings (SSSR count). The van der Waals surface area contributed by atoms with E-state index in [9.17, 15) is 32.3 Å². The third-order valence-electron chi connectivity index (χ3n) is 13.6. The maximum atomic E-state index is 15.1. The number of hydrogen-bond donors (Lipinski definition) is 1. The second-order valence-corrected chi connectivity index (χ2v) is 19.1. The van der Waals surface area contributed by atoms with Gasteiger partial charge in [0.25, 0.3) is 0 Å². The van der Waals surface area contributed by atoms with Crippen LogP contribution in [0.25, 0.3) is 22.3 Å². The highest BCUT2D eigenvalue weighted by Crippen LogP contribution is 2.50. The molecule has 2 saturated carbocycles. The Bertz CT molecular complexity index is 3500. The molecule has 380 valence electrons. The summed E-state index contributed by atoms with van der Waals surface area (Å²) in [5.74, 6) is -1.77. The summed E-state index contributed by atoms with van der Waals surface area (Å²) in [5.41, 5.74) is 1.50. The molecule has 0 bridgehead atoms. The lowest BCUT2D eigenvalue weighted by molar-refractivity contribution is -0.135. The van der Waals surface area contributed by atoms with Gasteiger partial charge in [0.1, 0.15) is 22.6 Å². The van der Waals surface area contributed by atoms with Crippen LogP contribution in [-0.4, -0.2) is 79.2 Å². The molecule has 1 saturated heterocycles. The summed E-state index contributed by atoms with van der Waals surface area (Å²) >= 11 is 5.91. The van der Waals surface area contributed by atoms with Crippen LogP contribution in [0.5, 0.6) is 23.0 Å². The number of halogens is 5. The van der Waals surface area contributed by atoms with Crippen LogP contribution in [0.4, 0.5) is 23.4 Å². The number of carbonyl (C=O) groups excluding carboxylic acids is 4. The van der Waals surface area contributed by atoms with Crippen LogP contribution < -0.4 is 19.7 Å². The first-order valence-electron chi connectivity index (χ1n) is 24.1. The number of nitrogens with one attached hydrogen (secondary N) is 1. The van der Waals surface area contributed by atoms with Crippen LogP contribution in [0.3, 0.4) is 0 Å². The lowest BCUT2D eigenvalue weighted by Crippen LogP contribution is -2.43. The maximum Gasteiger partial charge on any atom is 0.182 e. The topological polar surface area (TPSA) is 179 Å². The molecule has 5 heterocycles. The molecule has 3 aliphatic rings. The van der Waals surface area contributed by atoms with Gasteiger partial charge in [0.2, 0.25) is 0 Å². The van der Waals surface area contributed by atoms with Gasteiger partial charge < -0.3 is 19.7 Å². The highest BCUT2D eigenvalue weighted by atomic mass is 35.5. The standard InChI is InChI=1S/C30H27F2N5O3.C26H18ClF2N3O3/c31-21-4-1-19(2-5-21)16-25(38)30(8-9-30)26(39)17-20-3-6-23(22(32)15-20)40-24-7-10-34-29-28(24)36-27(18-35-29)37-13-11-33-12-14-37;27-23-14-31-25-24(32-23)20(7-10-30-25)35-19-6-3-16(11-18(19)29)13-22(34)26(8-9-26)21(33)12-15-1-4-17(28)5-2-15/h1-7,10,15,18,33H,8-9,11-14,16-17H2;1-7,10-11,14H,8-9,12-13H2.